The van der Waals surface area contributed by atoms with E-state index in [2.05, 4.69) is 6.92 Å². The van der Waals surface area contributed by atoms with Gasteiger partial charge in [0.25, 0.3) is 0 Å². The number of rotatable bonds is 13. The lowest BCUT2D eigenvalue weighted by Gasteiger charge is -2.32. The molecule has 0 heterocycles. The Hall–Kier alpha value is -1.14. The smallest absolute Gasteiger partial charge is 0.199 e. The predicted molar refractivity (Wildman–Crippen MR) is 124 cm³/mol. The molecule has 0 atom stereocenters. The topological polar surface area (TPSA) is 33.0 Å². The van der Waals surface area contributed by atoms with E-state index < -0.39 is 5.83 Å². The fourth-order valence-electron chi connectivity index (χ4n) is 5.20. The SMILES string of the molecule is CCCCCCC[C@H]1CC[C@H](COC2CCC(CCC=CC=C(F)C#N)CC2)CC1. The van der Waals surface area contributed by atoms with Crippen LogP contribution in [-0.2, 0) is 4.74 Å². The molecule has 0 aromatic heterocycles. The van der Waals surface area contributed by atoms with Gasteiger partial charge >= 0.3 is 0 Å². The molecule has 0 aromatic carbocycles. The minimum absolute atomic E-state index is 0.473. The van der Waals surface area contributed by atoms with Crippen molar-refractivity contribution in [2.75, 3.05) is 6.61 Å². The van der Waals surface area contributed by atoms with Crippen LogP contribution in [0.25, 0.3) is 0 Å². The number of allylic oxidation sites excluding steroid dienone is 4. The van der Waals surface area contributed by atoms with E-state index in [0.717, 1.165) is 37.2 Å². The summed E-state index contributed by atoms with van der Waals surface area (Å²) in [6.07, 6.45) is 26.5. The second-order valence-corrected chi connectivity index (χ2v) is 9.70. The average molecular weight is 418 g/mol. The van der Waals surface area contributed by atoms with E-state index in [1.807, 2.05) is 6.08 Å². The first kappa shape index (κ1) is 25.1. The second-order valence-electron chi connectivity index (χ2n) is 9.70. The van der Waals surface area contributed by atoms with E-state index in [9.17, 15) is 4.39 Å². The van der Waals surface area contributed by atoms with Crippen molar-refractivity contribution in [1.29, 1.82) is 5.26 Å². The molecule has 0 aromatic rings. The molecular weight excluding hydrogens is 373 g/mol. The van der Waals surface area contributed by atoms with Crippen molar-refractivity contribution in [2.45, 2.75) is 116 Å². The standard InChI is InChI=1S/C27H44FNO/c1-2-3-4-5-7-10-23-13-15-25(16-14-23)22-30-27-19-17-24(18-20-27)11-8-6-9-12-26(28)21-29/h6,9,12,23-25,27H,2-5,7-8,10-11,13-20,22H2,1H3/t23-,24?,25-,27?. The molecule has 170 valence electrons. The quantitative estimate of drug-likeness (QED) is 0.171. The lowest BCUT2D eigenvalue weighted by molar-refractivity contribution is -0.0102. The van der Waals surface area contributed by atoms with Crippen molar-refractivity contribution in [1.82, 2.24) is 0 Å². The largest absolute Gasteiger partial charge is 0.378 e. The molecule has 0 N–H and O–H groups in total. The van der Waals surface area contributed by atoms with Gasteiger partial charge in [-0.05, 0) is 75.2 Å². The van der Waals surface area contributed by atoms with Crippen LogP contribution in [0.4, 0.5) is 4.39 Å². The maximum Gasteiger partial charge on any atom is 0.199 e. The van der Waals surface area contributed by atoms with Crippen molar-refractivity contribution in [3.05, 3.63) is 24.1 Å². The van der Waals surface area contributed by atoms with Crippen molar-refractivity contribution in [3.63, 3.8) is 0 Å². The highest BCUT2D eigenvalue weighted by Crippen LogP contribution is 2.34. The summed E-state index contributed by atoms with van der Waals surface area (Å²) in [5, 5.41) is 8.37. The minimum atomic E-state index is -0.722. The summed E-state index contributed by atoms with van der Waals surface area (Å²) < 4.78 is 19.0. The van der Waals surface area contributed by atoms with Gasteiger partial charge in [0, 0.05) is 6.61 Å². The summed E-state index contributed by atoms with van der Waals surface area (Å²) >= 11 is 0. The van der Waals surface area contributed by atoms with E-state index >= 15 is 0 Å². The maximum atomic E-state index is 12.7. The van der Waals surface area contributed by atoms with Crippen LogP contribution in [0, 0.1) is 29.1 Å². The molecule has 0 bridgehead atoms. The Morgan fingerprint density at radius 2 is 1.53 bits per heavy atom. The van der Waals surface area contributed by atoms with E-state index in [1.54, 1.807) is 6.08 Å². The molecule has 0 spiro atoms. The van der Waals surface area contributed by atoms with Gasteiger partial charge in [-0.2, -0.15) is 9.65 Å². The average Bonchev–Trinajstić information content (AvgIpc) is 2.78. The van der Waals surface area contributed by atoms with Crippen molar-refractivity contribution in [2.24, 2.45) is 17.8 Å². The van der Waals surface area contributed by atoms with Crippen LogP contribution in [0.3, 0.4) is 0 Å². The lowest BCUT2D eigenvalue weighted by atomic mass is 9.80. The summed E-state index contributed by atoms with van der Waals surface area (Å²) in [5.41, 5.74) is 0. The second kappa shape index (κ2) is 15.6. The van der Waals surface area contributed by atoms with E-state index in [4.69, 9.17) is 10.00 Å². The first-order valence-corrected chi connectivity index (χ1v) is 12.7. The molecule has 30 heavy (non-hydrogen) atoms. The Labute approximate surface area is 185 Å². The molecule has 3 heteroatoms. The third kappa shape index (κ3) is 10.8. The molecule has 2 aliphatic carbocycles. The van der Waals surface area contributed by atoms with Crippen molar-refractivity contribution < 1.29 is 9.13 Å². The van der Waals surface area contributed by atoms with Gasteiger partial charge in [-0.1, -0.05) is 70.4 Å². The van der Waals surface area contributed by atoms with E-state index in [0.29, 0.717) is 6.10 Å². The highest BCUT2D eigenvalue weighted by Gasteiger charge is 2.24. The van der Waals surface area contributed by atoms with Crippen LogP contribution < -0.4 is 0 Å². The Bertz CT molecular complexity index is 534. The fourth-order valence-corrected chi connectivity index (χ4v) is 5.20. The van der Waals surface area contributed by atoms with Gasteiger partial charge in [0.2, 0.25) is 0 Å². The third-order valence-electron chi connectivity index (χ3n) is 7.27. The summed E-state index contributed by atoms with van der Waals surface area (Å²) in [7, 11) is 0. The Balaban J connectivity index is 1.48. The lowest BCUT2D eigenvalue weighted by Crippen LogP contribution is -2.26. The van der Waals surface area contributed by atoms with Gasteiger partial charge in [0.1, 0.15) is 6.07 Å². The molecule has 2 nitrogen and oxygen atoms in total. The van der Waals surface area contributed by atoms with Gasteiger partial charge in [-0.3, -0.25) is 0 Å². The molecule has 0 amide bonds. The van der Waals surface area contributed by atoms with Gasteiger partial charge in [0.15, 0.2) is 5.83 Å². The van der Waals surface area contributed by atoms with Gasteiger partial charge in [-0.25, -0.2) is 0 Å². The molecule has 0 radical (unpaired) electrons. The first-order valence-electron chi connectivity index (χ1n) is 12.7. The molecule has 2 rings (SSSR count). The van der Waals surface area contributed by atoms with Crippen LogP contribution in [0.5, 0.6) is 0 Å². The normalized spacial score (nSPS) is 28.0. The predicted octanol–water partition coefficient (Wildman–Crippen LogP) is 8.44. The van der Waals surface area contributed by atoms with Gasteiger partial charge < -0.3 is 4.74 Å². The van der Waals surface area contributed by atoms with Crippen LogP contribution in [0.15, 0.2) is 24.1 Å². The van der Waals surface area contributed by atoms with Crippen LogP contribution in [-0.4, -0.2) is 12.7 Å². The summed E-state index contributed by atoms with van der Waals surface area (Å²) in [6.45, 7) is 3.27. The summed E-state index contributed by atoms with van der Waals surface area (Å²) in [6, 6.07) is 1.49. The molecule has 2 fully saturated rings. The Morgan fingerprint density at radius 3 is 2.23 bits per heavy atom. The number of ether oxygens (including phenoxy) is 1. The summed E-state index contributed by atoms with van der Waals surface area (Å²) in [5.74, 6) is 1.83. The zero-order valence-corrected chi connectivity index (χ0v) is 19.3. The zero-order chi connectivity index (χ0) is 21.4. The number of hydrogen-bond acceptors (Lipinski definition) is 2. The highest BCUT2D eigenvalue weighted by molar-refractivity contribution is 5.18. The number of hydrogen-bond donors (Lipinski definition) is 0. The van der Waals surface area contributed by atoms with Gasteiger partial charge in [-0.15, -0.1) is 0 Å². The highest BCUT2D eigenvalue weighted by atomic mass is 19.1. The first-order chi connectivity index (χ1) is 14.7. The fraction of sp³-hybridized carbons (Fsp3) is 0.815. The Kier molecular flexibility index (Phi) is 13.1. The number of nitriles is 1. The summed E-state index contributed by atoms with van der Waals surface area (Å²) in [4.78, 5) is 0. The van der Waals surface area contributed by atoms with Crippen molar-refractivity contribution >= 4 is 0 Å². The van der Waals surface area contributed by atoms with Crippen LogP contribution >= 0.6 is 0 Å². The van der Waals surface area contributed by atoms with E-state index in [1.165, 1.54) is 102 Å². The molecule has 2 saturated carbocycles. The van der Waals surface area contributed by atoms with Crippen LogP contribution in [0.2, 0.25) is 0 Å². The molecule has 0 saturated heterocycles. The number of halogens is 1. The maximum absolute atomic E-state index is 12.7. The molecular formula is C27H44FNO. The zero-order valence-electron chi connectivity index (χ0n) is 19.3. The minimum Gasteiger partial charge on any atom is -0.378 e. The number of unbranched alkanes of at least 4 members (excludes halogenated alkanes) is 4. The number of nitrogens with zero attached hydrogens (tertiary/aromatic N) is 1. The molecule has 0 unspecified atom stereocenters. The molecule has 0 aliphatic heterocycles. The Morgan fingerprint density at radius 1 is 0.900 bits per heavy atom. The molecule has 2 aliphatic rings. The van der Waals surface area contributed by atoms with Crippen molar-refractivity contribution in [3.8, 4) is 6.07 Å². The monoisotopic (exact) mass is 417 g/mol. The third-order valence-corrected chi connectivity index (χ3v) is 7.27. The van der Waals surface area contributed by atoms with Crippen LogP contribution in [0.1, 0.15) is 110 Å². The van der Waals surface area contributed by atoms with Gasteiger partial charge in [0.05, 0.1) is 6.10 Å². The van der Waals surface area contributed by atoms with E-state index in [-0.39, 0.29) is 0 Å².